The molecule has 0 aliphatic carbocycles. The fourth-order valence-corrected chi connectivity index (χ4v) is 0.953. The number of H-pyrrole nitrogens is 2. The maximum atomic E-state index is 11.3. The van der Waals surface area contributed by atoms with Crippen molar-refractivity contribution in [1.29, 1.82) is 0 Å². The molecule has 1 heterocycles. The number of nitrogens with one attached hydrogen (secondary N) is 3. The van der Waals surface area contributed by atoms with Gasteiger partial charge in [0.1, 0.15) is 5.69 Å². The fraction of sp³-hybridized carbons (Fsp3) is 0.500. The molecule has 1 rings (SSSR count). The lowest BCUT2D eigenvalue weighted by atomic mass is 10.4. The number of imidazole rings is 1. The minimum Gasteiger partial charge on any atom is -0.394 e. The number of hydrogen-bond donors (Lipinski definition) is 4. The van der Waals surface area contributed by atoms with Gasteiger partial charge in [-0.3, -0.25) is 4.79 Å². The van der Waals surface area contributed by atoms with Gasteiger partial charge in [0.2, 0.25) is 0 Å². The van der Waals surface area contributed by atoms with E-state index in [1.165, 1.54) is 6.20 Å². The number of carbonyl (C=O) groups excluding carboxylic acids is 1. The largest absolute Gasteiger partial charge is 0.394 e. The molecule has 0 aliphatic heterocycles. The maximum absolute atomic E-state index is 11.3. The van der Waals surface area contributed by atoms with E-state index in [1.54, 1.807) is 0 Å². The number of rotatable bonds is 6. The van der Waals surface area contributed by atoms with E-state index >= 15 is 0 Å². The molecule has 84 valence electrons. The zero-order chi connectivity index (χ0) is 11.1. The summed E-state index contributed by atoms with van der Waals surface area (Å²) in [5.41, 5.74) is -0.237. The Balaban J connectivity index is 2.22. The summed E-state index contributed by atoms with van der Waals surface area (Å²) in [4.78, 5) is 26.6. The third-order valence-electron chi connectivity index (χ3n) is 1.61. The summed E-state index contributed by atoms with van der Waals surface area (Å²) in [6, 6.07) is 0. The molecule has 0 aromatic carbocycles. The Hall–Kier alpha value is -1.60. The van der Waals surface area contributed by atoms with Crippen LogP contribution in [0.4, 0.5) is 0 Å². The Morgan fingerprint density at radius 3 is 2.93 bits per heavy atom. The van der Waals surface area contributed by atoms with Crippen LogP contribution < -0.4 is 11.0 Å². The first-order valence-electron chi connectivity index (χ1n) is 4.48. The van der Waals surface area contributed by atoms with E-state index < -0.39 is 5.69 Å². The molecule has 0 fully saturated rings. The molecule has 0 aliphatic rings. The van der Waals surface area contributed by atoms with Crippen molar-refractivity contribution in [2.75, 3.05) is 26.4 Å². The first kappa shape index (κ1) is 11.5. The average molecular weight is 215 g/mol. The maximum Gasteiger partial charge on any atom is 0.323 e. The van der Waals surface area contributed by atoms with Crippen LogP contribution in [0.3, 0.4) is 0 Å². The molecule has 7 nitrogen and oxygen atoms in total. The average Bonchev–Trinajstić information content (AvgIpc) is 2.64. The monoisotopic (exact) mass is 215 g/mol. The van der Waals surface area contributed by atoms with Crippen molar-refractivity contribution in [2.45, 2.75) is 0 Å². The molecule has 4 N–H and O–H groups in total. The highest BCUT2D eigenvalue weighted by atomic mass is 16.5. The molecule has 15 heavy (non-hydrogen) atoms. The van der Waals surface area contributed by atoms with Crippen LogP contribution >= 0.6 is 0 Å². The van der Waals surface area contributed by atoms with Gasteiger partial charge in [-0.25, -0.2) is 4.79 Å². The Labute approximate surface area is 85.5 Å². The van der Waals surface area contributed by atoms with Crippen LogP contribution in [0, 0.1) is 0 Å². The van der Waals surface area contributed by atoms with E-state index in [4.69, 9.17) is 9.84 Å². The molecule has 1 aromatic rings. The summed E-state index contributed by atoms with van der Waals surface area (Å²) < 4.78 is 4.93. The molecule has 0 bridgehead atoms. The number of hydrogen-bond acceptors (Lipinski definition) is 4. The van der Waals surface area contributed by atoms with E-state index in [1.807, 2.05) is 0 Å². The summed E-state index contributed by atoms with van der Waals surface area (Å²) in [6.07, 6.45) is 1.30. The number of aliphatic hydroxyl groups is 1. The van der Waals surface area contributed by atoms with Crippen LogP contribution in [0.2, 0.25) is 0 Å². The predicted molar refractivity (Wildman–Crippen MR) is 51.7 cm³/mol. The van der Waals surface area contributed by atoms with E-state index in [-0.39, 0.29) is 24.8 Å². The van der Waals surface area contributed by atoms with Gasteiger partial charge in [0, 0.05) is 12.7 Å². The lowest BCUT2D eigenvalue weighted by Crippen LogP contribution is -2.28. The lowest BCUT2D eigenvalue weighted by Gasteiger charge is -2.03. The minimum atomic E-state index is -0.420. The van der Waals surface area contributed by atoms with Crippen LogP contribution in [0.5, 0.6) is 0 Å². The molecular formula is C8H13N3O4. The highest BCUT2D eigenvalue weighted by Crippen LogP contribution is 1.86. The number of aromatic amines is 2. The SMILES string of the molecule is O=C(NCCOCCO)c1c[nH]c(=O)[nH]1. The zero-order valence-electron chi connectivity index (χ0n) is 8.08. The van der Waals surface area contributed by atoms with Gasteiger partial charge in [0.05, 0.1) is 19.8 Å². The lowest BCUT2D eigenvalue weighted by molar-refractivity contribution is 0.0835. The molecular weight excluding hydrogens is 202 g/mol. The summed E-state index contributed by atoms with van der Waals surface area (Å²) in [6.45, 7) is 0.850. The van der Waals surface area contributed by atoms with Crippen LogP contribution in [-0.2, 0) is 4.74 Å². The summed E-state index contributed by atoms with van der Waals surface area (Å²) in [7, 11) is 0. The molecule has 1 aromatic heterocycles. The molecule has 0 radical (unpaired) electrons. The Morgan fingerprint density at radius 1 is 1.53 bits per heavy atom. The number of aromatic nitrogens is 2. The normalized spacial score (nSPS) is 10.2. The number of amides is 1. The van der Waals surface area contributed by atoms with Crippen molar-refractivity contribution in [3.8, 4) is 0 Å². The second kappa shape index (κ2) is 5.99. The molecule has 7 heteroatoms. The van der Waals surface area contributed by atoms with Gasteiger partial charge in [-0.05, 0) is 0 Å². The van der Waals surface area contributed by atoms with E-state index in [0.717, 1.165) is 0 Å². The molecule has 0 saturated carbocycles. The first-order chi connectivity index (χ1) is 7.24. The van der Waals surface area contributed by atoms with Crippen molar-refractivity contribution in [1.82, 2.24) is 15.3 Å². The highest BCUT2D eigenvalue weighted by molar-refractivity contribution is 5.91. The molecule has 0 spiro atoms. The minimum absolute atomic E-state index is 0.0426. The second-order valence-electron chi connectivity index (χ2n) is 2.75. The van der Waals surface area contributed by atoms with Gasteiger partial charge in [0.25, 0.3) is 5.91 Å². The van der Waals surface area contributed by atoms with Crippen LogP contribution in [0.1, 0.15) is 10.5 Å². The number of aliphatic hydroxyl groups excluding tert-OH is 1. The number of ether oxygens (including phenoxy) is 1. The van der Waals surface area contributed by atoms with E-state index in [2.05, 4.69) is 15.3 Å². The van der Waals surface area contributed by atoms with Gasteiger partial charge < -0.3 is 25.1 Å². The van der Waals surface area contributed by atoms with Crippen molar-refractivity contribution in [3.63, 3.8) is 0 Å². The number of carbonyl (C=O) groups is 1. The van der Waals surface area contributed by atoms with Crippen molar-refractivity contribution >= 4 is 5.91 Å². The van der Waals surface area contributed by atoms with Gasteiger partial charge in [-0.1, -0.05) is 0 Å². The topological polar surface area (TPSA) is 107 Å². The quantitative estimate of drug-likeness (QED) is 0.430. The van der Waals surface area contributed by atoms with Crippen LogP contribution in [0.25, 0.3) is 0 Å². The zero-order valence-corrected chi connectivity index (χ0v) is 8.08. The molecule has 1 amide bonds. The van der Waals surface area contributed by atoms with Gasteiger partial charge >= 0.3 is 5.69 Å². The smallest absolute Gasteiger partial charge is 0.323 e. The van der Waals surface area contributed by atoms with Crippen molar-refractivity contribution in [3.05, 3.63) is 22.4 Å². The van der Waals surface area contributed by atoms with Gasteiger partial charge in [-0.15, -0.1) is 0 Å². The third-order valence-corrected chi connectivity index (χ3v) is 1.61. The standard InChI is InChI=1S/C8H13N3O4/c12-2-4-15-3-1-9-7(13)6-5-10-8(14)11-6/h5,12H,1-4H2,(H,9,13)(H2,10,11,14). The molecule has 0 saturated heterocycles. The Kier molecular flexibility index (Phi) is 4.58. The van der Waals surface area contributed by atoms with E-state index in [9.17, 15) is 9.59 Å². The highest BCUT2D eigenvalue weighted by Gasteiger charge is 2.05. The fourth-order valence-electron chi connectivity index (χ4n) is 0.953. The summed E-state index contributed by atoms with van der Waals surface area (Å²) >= 11 is 0. The summed E-state index contributed by atoms with van der Waals surface area (Å²) in [5, 5.41) is 10.9. The Bertz CT molecular complexity index is 357. The summed E-state index contributed by atoms with van der Waals surface area (Å²) in [5.74, 6) is -0.374. The Morgan fingerprint density at radius 2 is 2.33 bits per heavy atom. The predicted octanol–water partition coefficient (Wildman–Crippen LogP) is -1.56. The van der Waals surface area contributed by atoms with Crippen LogP contribution in [-0.4, -0.2) is 47.3 Å². The van der Waals surface area contributed by atoms with Crippen molar-refractivity contribution < 1.29 is 14.6 Å². The first-order valence-corrected chi connectivity index (χ1v) is 4.48. The molecule has 0 atom stereocenters. The molecule has 0 unspecified atom stereocenters. The third kappa shape index (κ3) is 3.96. The van der Waals surface area contributed by atoms with Crippen molar-refractivity contribution in [2.24, 2.45) is 0 Å². The van der Waals surface area contributed by atoms with E-state index in [0.29, 0.717) is 13.2 Å². The van der Waals surface area contributed by atoms with Gasteiger partial charge in [0.15, 0.2) is 0 Å². The van der Waals surface area contributed by atoms with Crippen LogP contribution in [0.15, 0.2) is 11.0 Å². The van der Waals surface area contributed by atoms with Gasteiger partial charge in [-0.2, -0.15) is 0 Å². The second-order valence-corrected chi connectivity index (χ2v) is 2.75.